The van der Waals surface area contributed by atoms with Crippen molar-refractivity contribution >= 4 is 23.2 Å². The van der Waals surface area contributed by atoms with Crippen LogP contribution in [0.2, 0.25) is 5.02 Å². The van der Waals surface area contributed by atoms with Crippen LogP contribution in [0.1, 0.15) is 30.1 Å². The number of amides is 1. The number of rotatable bonds is 3. The van der Waals surface area contributed by atoms with Gasteiger partial charge < -0.3 is 15.8 Å². The smallest absolute Gasteiger partial charge is 0.252 e. The summed E-state index contributed by atoms with van der Waals surface area (Å²) in [4.78, 5) is 12.0. The summed E-state index contributed by atoms with van der Waals surface area (Å²) in [6.45, 7) is 3.24. The van der Waals surface area contributed by atoms with Crippen molar-refractivity contribution in [2.45, 2.75) is 25.4 Å². The first-order valence-electron chi connectivity index (χ1n) is 5.97. The van der Waals surface area contributed by atoms with Gasteiger partial charge in [0.2, 0.25) is 0 Å². The maximum absolute atomic E-state index is 12.0. The minimum Gasteiger partial charge on any atom is -0.399 e. The highest BCUT2D eigenvalue weighted by molar-refractivity contribution is 6.34. The largest absolute Gasteiger partial charge is 0.399 e. The number of nitrogens with one attached hydrogen (secondary N) is 1. The highest BCUT2D eigenvalue weighted by atomic mass is 35.5. The molecule has 0 bridgehead atoms. The number of nitrogens with two attached hydrogens (primary N) is 1. The van der Waals surface area contributed by atoms with Crippen LogP contribution in [0.5, 0.6) is 0 Å². The van der Waals surface area contributed by atoms with Gasteiger partial charge in [0, 0.05) is 18.8 Å². The molecule has 1 fully saturated rings. The van der Waals surface area contributed by atoms with E-state index in [0.717, 1.165) is 19.4 Å². The second-order valence-corrected chi connectivity index (χ2v) is 5.23. The summed E-state index contributed by atoms with van der Waals surface area (Å²) in [6, 6.07) is 4.87. The molecule has 1 atom stereocenters. The molecule has 1 aromatic rings. The first kappa shape index (κ1) is 13.2. The Balaban J connectivity index is 2.01. The van der Waals surface area contributed by atoms with Gasteiger partial charge in [0.15, 0.2) is 0 Å². The number of ether oxygens (including phenoxy) is 1. The van der Waals surface area contributed by atoms with E-state index in [1.54, 1.807) is 18.2 Å². The first-order chi connectivity index (χ1) is 8.50. The Morgan fingerprint density at radius 1 is 1.61 bits per heavy atom. The molecule has 1 amide bonds. The molecule has 18 heavy (non-hydrogen) atoms. The normalized spacial score (nSPS) is 23.0. The summed E-state index contributed by atoms with van der Waals surface area (Å²) in [5, 5.41) is 3.25. The molecular formula is C13H17ClN2O2. The van der Waals surface area contributed by atoms with Gasteiger partial charge in [-0.3, -0.25) is 4.79 Å². The minimum absolute atomic E-state index is 0.218. The number of halogens is 1. The molecule has 1 heterocycles. The lowest BCUT2D eigenvalue weighted by atomic mass is 10.0. The molecule has 1 aliphatic rings. The predicted octanol–water partition coefficient (Wildman–Crippen LogP) is 2.22. The molecule has 4 nitrogen and oxygen atoms in total. The molecule has 1 aliphatic heterocycles. The van der Waals surface area contributed by atoms with Crippen molar-refractivity contribution in [1.29, 1.82) is 0 Å². The van der Waals surface area contributed by atoms with Gasteiger partial charge in [-0.1, -0.05) is 11.6 Å². The van der Waals surface area contributed by atoms with E-state index in [2.05, 4.69) is 5.32 Å². The summed E-state index contributed by atoms with van der Waals surface area (Å²) in [5.74, 6) is -0.218. The van der Waals surface area contributed by atoms with Crippen LogP contribution in [0.25, 0.3) is 0 Å². The third-order valence-electron chi connectivity index (χ3n) is 3.16. The van der Waals surface area contributed by atoms with Crippen LogP contribution in [0.3, 0.4) is 0 Å². The molecule has 3 N–H and O–H groups in total. The third kappa shape index (κ3) is 2.94. The first-order valence-corrected chi connectivity index (χ1v) is 6.35. The zero-order valence-corrected chi connectivity index (χ0v) is 11.1. The van der Waals surface area contributed by atoms with E-state index in [4.69, 9.17) is 22.1 Å². The van der Waals surface area contributed by atoms with Crippen molar-refractivity contribution in [2.75, 3.05) is 18.9 Å². The number of nitrogen functional groups attached to an aromatic ring is 1. The molecule has 0 aliphatic carbocycles. The van der Waals surface area contributed by atoms with E-state index < -0.39 is 0 Å². The van der Waals surface area contributed by atoms with Gasteiger partial charge >= 0.3 is 0 Å². The molecule has 0 aromatic heterocycles. The Bertz CT molecular complexity index is 456. The molecule has 0 saturated carbocycles. The van der Waals surface area contributed by atoms with E-state index in [1.165, 1.54) is 0 Å². The topological polar surface area (TPSA) is 64.4 Å². The SMILES string of the molecule is CC1(CNC(=O)c2cc(N)ccc2Cl)CCCO1. The van der Waals surface area contributed by atoms with E-state index >= 15 is 0 Å². The summed E-state index contributed by atoms with van der Waals surface area (Å²) in [6.07, 6.45) is 1.99. The summed E-state index contributed by atoms with van der Waals surface area (Å²) in [5.41, 5.74) is 6.31. The molecular weight excluding hydrogens is 252 g/mol. The lowest BCUT2D eigenvalue weighted by Gasteiger charge is -2.23. The summed E-state index contributed by atoms with van der Waals surface area (Å²) >= 11 is 5.97. The Kier molecular flexibility index (Phi) is 3.78. The van der Waals surface area contributed by atoms with Gasteiger partial charge in [-0.05, 0) is 38.0 Å². The summed E-state index contributed by atoms with van der Waals surface area (Å²) < 4.78 is 5.61. The quantitative estimate of drug-likeness (QED) is 0.826. The molecule has 5 heteroatoms. The van der Waals surface area contributed by atoms with Crippen LogP contribution < -0.4 is 11.1 Å². The maximum Gasteiger partial charge on any atom is 0.252 e. The molecule has 0 spiro atoms. The van der Waals surface area contributed by atoms with E-state index in [0.29, 0.717) is 22.8 Å². The van der Waals surface area contributed by atoms with Crippen LogP contribution in [0.15, 0.2) is 18.2 Å². The van der Waals surface area contributed by atoms with Crippen LogP contribution in [-0.2, 0) is 4.74 Å². The average molecular weight is 269 g/mol. The molecule has 0 radical (unpaired) electrons. The maximum atomic E-state index is 12.0. The fourth-order valence-corrected chi connectivity index (χ4v) is 2.26. The van der Waals surface area contributed by atoms with Crippen LogP contribution in [0.4, 0.5) is 5.69 Å². The highest BCUT2D eigenvalue weighted by Gasteiger charge is 2.30. The molecule has 1 saturated heterocycles. The number of hydrogen-bond donors (Lipinski definition) is 2. The van der Waals surface area contributed by atoms with Crippen LogP contribution >= 0.6 is 11.6 Å². The van der Waals surface area contributed by atoms with Gasteiger partial charge in [0.25, 0.3) is 5.91 Å². The standard InChI is InChI=1S/C13H17ClN2O2/c1-13(5-2-6-18-13)8-16-12(17)10-7-9(15)3-4-11(10)14/h3-4,7H,2,5-6,8,15H2,1H3,(H,16,17). The van der Waals surface area contributed by atoms with Crippen molar-refractivity contribution in [1.82, 2.24) is 5.32 Å². The molecule has 98 valence electrons. The van der Waals surface area contributed by atoms with Gasteiger partial charge in [-0.15, -0.1) is 0 Å². The monoisotopic (exact) mass is 268 g/mol. The Morgan fingerprint density at radius 2 is 2.39 bits per heavy atom. The number of benzene rings is 1. The number of carbonyl (C=O) groups is 1. The second kappa shape index (κ2) is 5.16. The summed E-state index contributed by atoms with van der Waals surface area (Å²) in [7, 11) is 0. The second-order valence-electron chi connectivity index (χ2n) is 4.82. The van der Waals surface area contributed by atoms with Gasteiger partial charge in [-0.25, -0.2) is 0 Å². The van der Waals surface area contributed by atoms with E-state index in [9.17, 15) is 4.79 Å². The molecule has 1 aromatic carbocycles. The van der Waals surface area contributed by atoms with Crippen LogP contribution in [-0.4, -0.2) is 24.7 Å². The predicted molar refractivity (Wildman–Crippen MR) is 71.8 cm³/mol. The molecule has 1 unspecified atom stereocenters. The molecule has 2 rings (SSSR count). The lowest BCUT2D eigenvalue weighted by molar-refractivity contribution is 0.0206. The highest BCUT2D eigenvalue weighted by Crippen LogP contribution is 2.24. The number of hydrogen-bond acceptors (Lipinski definition) is 3. The van der Waals surface area contributed by atoms with Crippen molar-refractivity contribution < 1.29 is 9.53 Å². The zero-order chi connectivity index (χ0) is 13.2. The fourth-order valence-electron chi connectivity index (χ4n) is 2.06. The minimum atomic E-state index is -0.261. The van der Waals surface area contributed by atoms with Crippen molar-refractivity contribution in [3.8, 4) is 0 Å². The third-order valence-corrected chi connectivity index (χ3v) is 3.49. The van der Waals surface area contributed by atoms with Crippen LogP contribution in [0, 0.1) is 0 Å². The van der Waals surface area contributed by atoms with Crippen molar-refractivity contribution in [3.63, 3.8) is 0 Å². The van der Waals surface area contributed by atoms with Gasteiger partial charge in [0.05, 0.1) is 16.2 Å². The Hall–Kier alpha value is -1.26. The van der Waals surface area contributed by atoms with E-state index in [1.807, 2.05) is 6.92 Å². The Morgan fingerprint density at radius 3 is 3.06 bits per heavy atom. The zero-order valence-electron chi connectivity index (χ0n) is 10.3. The fraction of sp³-hybridized carbons (Fsp3) is 0.462. The van der Waals surface area contributed by atoms with Crippen molar-refractivity contribution in [2.24, 2.45) is 0 Å². The lowest BCUT2D eigenvalue weighted by Crippen LogP contribution is -2.40. The van der Waals surface area contributed by atoms with Gasteiger partial charge in [-0.2, -0.15) is 0 Å². The Labute approximate surface area is 111 Å². The van der Waals surface area contributed by atoms with E-state index in [-0.39, 0.29) is 11.5 Å². The number of anilines is 1. The van der Waals surface area contributed by atoms with Crippen molar-refractivity contribution in [3.05, 3.63) is 28.8 Å². The van der Waals surface area contributed by atoms with Gasteiger partial charge in [0.1, 0.15) is 0 Å². The number of carbonyl (C=O) groups excluding carboxylic acids is 1. The average Bonchev–Trinajstić information content (AvgIpc) is 2.77.